The van der Waals surface area contributed by atoms with E-state index in [-0.39, 0.29) is 11.8 Å². The van der Waals surface area contributed by atoms with Gasteiger partial charge in [0.25, 0.3) is 0 Å². The van der Waals surface area contributed by atoms with Crippen LogP contribution in [0.3, 0.4) is 0 Å². The van der Waals surface area contributed by atoms with Gasteiger partial charge in [0.1, 0.15) is 0 Å². The van der Waals surface area contributed by atoms with E-state index in [4.69, 9.17) is 11.6 Å². The van der Waals surface area contributed by atoms with Crippen molar-refractivity contribution in [3.63, 3.8) is 0 Å². The summed E-state index contributed by atoms with van der Waals surface area (Å²) < 4.78 is 0. The topological polar surface area (TPSA) is 20.3 Å². The Bertz CT molecular complexity index is 474. The number of benzene rings is 1. The fraction of sp³-hybridized carbons (Fsp3) is 0.588. The molecular formula is C17H24ClNO. The van der Waals surface area contributed by atoms with Gasteiger partial charge in [-0.1, -0.05) is 43.5 Å². The Labute approximate surface area is 127 Å². The van der Waals surface area contributed by atoms with Gasteiger partial charge in [0.2, 0.25) is 0 Å². The van der Waals surface area contributed by atoms with E-state index in [9.17, 15) is 4.79 Å². The van der Waals surface area contributed by atoms with Gasteiger partial charge in [-0.2, -0.15) is 0 Å². The standard InChI is InChI=1S/C17H24ClNO/c1-12-7-4-5-10-16(12)19(3)13(2)17(20)14-8-6-9-15(18)11-14/h6,8-9,11-13,16H,4-5,7,10H2,1-3H3. The van der Waals surface area contributed by atoms with E-state index in [1.54, 1.807) is 12.1 Å². The number of halogens is 1. The fourth-order valence-electron chi connectivity index (χ4n) is 3.26. The van der Waals surface area contributed by atoms with E-state index >= 15 is 0 Å². The molecule has 3 atom stereocenters. The van der Waals surface area contributed by atoms with Gasteiger partial charge in [0.15, 0.2) is 5.78 Å². The maximum absolute atomic E-state index is 12.6. The molecule has 1 aliphatic carbocycles. The van der Waals surface area contributed by atoms with Crippen LogP contribution in [0.5, 0.6) is 0 Å². The SMILES string of the molecule is CC1CCCCC1N(C)C(C)C(=O)c1cccc(Cl)c1. The third-order valence-corrected chi connectivity index (χ3v) is 4.92. The predicted molar refractivity (Wildman–Crippen MR) is 84.4 cm³/mol. The quantitative estimate of drug-likeness (QED) is 0.766. The van der Waals surface area contributed by atoms with Crippen LogP contribution >= 0.6 is 11.6 Å². The zero-order valence-corrected chi connectivity index (χ0v) is 13.4. The zero-order chi connectivity index (χ0) is 14.7. The second-order valence-corrected chi connectivity index (χ2v) is 6.48. The number of Topliss-reactive ketones (excluding diaryl/α,β-unsaturated/α-hetero) is 1. The van der Waals surface area contributed by atoms with Crippen LogP contribution in [0.4, 0.5) is 0 Å². The summed E-state index contributed by atoms with van der Waals surface area (Å²) in [5, 5.41) is 0.622. The summed E-state index contributed by atoms with van der Waals surface area (Å²) in [6, 6.07) is 7.67. The molecule has 20 heavy (non-hydrogen) atoms. The zero-order valence-electron chi connectivity index (χ0n) is 12.6. The molecule has 1 aromatic carbocycles. The Hall–Kier alpha value is -0.860. The van der Waals surface area contributed by atoms with Gasteiger partial charge in [-0.15, -0.1) is 0 Å². The van der Waals surface area contributed by atoms with Gasteiger partial charge in [-0.05, 0) is 44.9 Å². The molecule has 0 bridgehead atoms. The summed E-state index contributed by atoms with van der Waals surface area (Å²) in [6.45, 7) is 4.31. The van der Waals surface area contributed by atoms with Gasteiger partial charge >= 0.3 is 0 Å². The fourth-order valence-corrected chi connectivity index (χ4v) is 3.45. The highest BCUT2D eigenvalue weighted by Crippen LogP contribution is 2.29. The molecule has 0 spiro atoms. The van der Waals surface area contributed by atoms with Gasteiger partial charge in [-0.3, -0.25) is 9.69 Å². The third kappa shape index (κ3) is 3.42. The first-order valence-electron chi connectivity index (χ1n) is 7.52. The number of ketones is 1. The maximum Gasteiger partial charge on any atom is 0.179 e. The highest BCUT2D eigenvalue weighted by molar-refractivity contribution is 6.31. The van der Waals surface area contributed by atoms with Crippen LogP contribution in [-0.2, 0) is 0 Å². The molecule has 3 unspecified atom stereocenters. The van der Waals surface area contributed by atoms with E-state index in [2.05, 4.69) is 18.9 Å². The lowest BCUT2D eigenvalue weighted by Crippen LogP contribution is -2.47. The first-order chi connectivity index (χ1) is 9.50. The molecule has 0 N–H and O–H groups in total. The summed E-state index contributed by atoms with van der Waals surface area (Å²) in [6.07, 6.45) is 5.07. The molecule has 2 rings (SSSR count). The second kappa shape index (κ2) is 6.73. The molecular weight excluding hydrogens is 270 g/mol. The average Bonchev–Trinajstić information content (AvgIpc) is 2.45. The normalized spacial score (nSPS) is 24.6. The Morgan fingerprint density at radius 2 is 2.05 bits per heavy atom. The van der Waals surface area contributed by atoms with Gasteiger partial charge in [-0.25, -0.2) is 0 Å². The minimum Gasteiger partial charge on any atom is -0.293 e. The lowest BCUT2D eigenvalue weighted by Gasteiger charge is -2.39. The number of likely N-dealkylation sites (N-methyl/N-ethyl adjacent to an activating group) is 1. The summed E-state index contributed by atoms with van der Waals surface area (Å²) in [4.78, 5) is 14.8. The van der Waals surface area contributed by atoms with Crippen molar-refractivity contribution in [2.24, 2.45) is 5.92 Å². The minimum absolute atomic E-state index is 0.0981. The first kappa shape index (κ1) is 15.5. The largest absolute Gasteiger partial charge is 0.293 e. The molecule has 0 aliphatic heterocycles. The van der Waals surface area contributed by atoms with Crippen molar-refractivity contribution in [1.29, 1.82) is 0 Å². The molecule has 1 fully saturated rings. The number of carbonyl (C=O) groups excluding carboxylic acids is 1. The van der Waals surface area contributed by atoms with E-state index in [0.29, 0.717) is 22.5 Å². The summed E-state index contributed by atoms with van der Waals surface area (Å²) in [5.41, 5.74) is 0.709. The molecule has 1 aliphatic rings. The summed E-state index contributed by atoms with van der Waals surface area (Å²) in [5.74, 6) is 0.830. The highest BCUT2D eigenvalue weighted by Gasteiger charge is 2.30. The van der Waals surface area contributed by atoms with Crippen molar-refractivity contribution >= 4 is 17.4 Å². The number of nitrogens with zero attached hydrogens (tertiary/aromatic N) is 1. The molecule has 0 radical (unpaired) electrons. The van der Waals surface area contributed by atoms with Crippen molar-refractivity contribution in [2.45, 2.75) is 51.6 Å². The Morgan fingerprint density at radius 1 is 1.35 bits per heavy atom. The van der Waals surface area contributed by atoms with E-state index in [1.807, 2.05) is 19.1 Å². The summed E-state index contributed by atoms with van der Waals surface area (Å²) in [7, 11) is 2.08. The Morgan fingerprint density at radius 3 is 2.70 bits per heavy atom. The van der Waals surface area contributed by atoms with Gasteiger partial charge in [0, 0.05) is 16.6 Å². The van der Waals surface area contributed by atoms with Crippen LogP contribution in [0.15, 0.2) is 24.3 Å². The highest BCUT2D eigenvalue weighted by atomic mass is 35.5. The van der Waals surface area contributed by atoms with Crippen LogP contribution in [0, 0.1) is 5.92 Å². The lowest BCUT2D eigenvalue weighted by molar-refractivity contribution is 0.0692. The maximum atomic E-state index is 12.6. The average molecular weight is 294 g/mol. The first-order valence-corrected chi connectivity index (χ1v) is 7.90. The van der Waals surface area contributed by atoms with Crippen molar-refractivity contribution in [3.8, 4) is 0 Å². The Balaban J connectivity index is 2.09. The van der Waals surface area contributed by atoms with Crippen molar-refractivity contribution in [1.82, 2.24) is 4.90 Å². The molecule has 0 aromatic heterocycles. The minimum atomic E-state index is -0.0981. The predicted octanol–water partition coefficient (Wildman–Crippen LogP) is 4.42. The van der Waals surface area contributed by atoms with Crippen LogP contribution in [0.25, 0.3) is 0 Å². The van der Waals surface area contributed by atoms with Crippen LogP contribution in [0.1, 0.15) is 49.9 Å². The van der Waals surface area contributed by atoms with E-state index in [1.165, 1.54) is 25.7 Å². The molecule has 0 saturated heterocycles. The lowest BCUT2D eigenvalue weighted by atomic mass is 9.84. The molecule has 2 nitrogen and oxygen atoms in total. The summed E-state index contributed by atoms with van der Waals surface area (Å²) >= 11 is 5.98. The number of rotatable bonds is 4. The molecule has 1 aromatic rings. The van der Waals surface area contributed by atoms with Gasteiger partial charge in [0.05, 0.1) is 6.04 Å². The monoisotopic (exact) mass is 293 g/mol. The van der Waals surface area contributed by atoms with Crippen LogP contribution in [-0.4, -0.2) is 29.8 Å². The van der Waals surface area contributed by atoms with Crippen molar-refractivity contribution in [2.75, 3.05) is 7.05 Å². The molecule has 0 heterocycles. The number of hydrogen-bond acceptors (Lipinski definition) is 2. The smallest absolute Gasteiger partial charge is 0.179 e. The number of hydrogen-bond donors (Lipinski definition) is 0. The van der Waals surface area contributed by atoms with Crippen LogP contribution in [0.2, 0.25) is 5.02 Å². The van der Waals surface area contributed by atoms with Gasteiger partial charge < -0.3 is 0 Å². The van der Waals surface area contributed by atoms with E-state index < -0.39 is 0 Å². The molecule has 1 saturated carbocycles. The molecule has 3 heteroatoms. The molecule has 110 valence electrons. The third-order valence-electron chi connectivity index (χ3n) is 4.69. The van der Waals surface area contributed by atoms with Crippen molar-refractivity contribution in [3.05, 3.63) is 34.9 Å². The number of carbonyl (C=O) groups is 1. The van der Waals surface area contributed by atoms with Crippen molar-refractivity contribution < 1.29 is 4.79 Å². The van der Waals surface area contributed by atoms with Crippen LogP contribution < -0.4 is 0 Å². The van der Waals surface area contributed by atoms with E-state index in [0.717, 1.165) is 0 Å². The molecule has 0 amide bonds. The second-order valence-electron chi connectivity index (χ2n) is 6.05. The Kier molecular flexibility index (Phi) is 5.22.